The summed E-state index contributed by atoms with van der Waals surface area (Å²) in [5.74, 6) is -0.188. The molecule has 2 heterocycles. The number of hydrogen-bond acceptors (Lipinski definition) is 4. The fraction of sp³-hybridized carbons (Fsp3) is 0.611. The third-order valence-corrected chi connectivity index (χ3v) is 7.32. The molecule has 0 spiro atoms. The number of likely N-dealkylation sites (tertiary alicyclic amines) is 1. The van der Waals surface area contributed by atoms with Crippen LogP contribution in [0.15, 0.2) is 29.2 Å². The van der Waals surface area contributed by atoms with E-state index in [0.717, 1.165) is 38.1 Å². The maximum Gasteiger partial charge on any atom is 0.226 e. The average molecular weight is 405 g/mol. The van der Waals surface area contributed by atoms with E-state index in [-0.39, 0.29) is 29.0 Å². The van der Waals surface area contributed by atoms with Crippen LogP contribution < -0.4 is 5.32 Å². The Bertz CT molecular complexity index is 712. The van der Waals surface area contributed by atoms with Crippen LogP contribution in [0.3, 0.4) is 0 Å². The highest BCUT2D eigenvalue weighted by molar-refractivity contribution is 7.91. The molecule has 2 saturated heterocycles. The van der Waals surface area contributed by atoms with Crippen molar-refractivity contribution >= 4 is 28.2 Å². The molecule has 146 valence electrons. The summed E-state index contributed by atoms with van der Waals surface area (Å²) in [7, 11) is -3.61. The van der Waals surface area contributed by atoms with E-state index in [0.29, 0.717) is 24.9 Å². The lowest BCUT2D eigenvalue weighted by atomic mass is 9.92. The predicted octanol–water partition coefficient (Wildman–Crippen LogP) is 2.12. The molecule has 0 aromatic heterocycles. The number of fused-ring (bicyclic) bond motifs is 1. The second-order valence-electron chi connectivity index (χ2n) is 7.22. The number of halogens is 2. The summed E-state index contributed by atoms with van der Waals surface area (Å²) in [4.78, 5) is 14.6. The van der Waals surface area contributed by atoms with Crippen LogP contribution in [0.5, 0.6) is 0 Å². The number of nitrogens with one attached hydrogen (secondary N) is 1. The second-order valence-corrected chi connectivity index (χ2v) is 9.25. The zero-order valence-electron chi connectivity index (χ0n) is 14.9. The Kier molecular flexibility index (Phi) is 7.05. The third-order valence-electron chi connectivity index (χ3n) is 5.39. The minimum Gasteiger partial charge on any atom is -0.342 e. The van der Waals surface area contributed by atoms with Gasteiger partial charge in [0, 0.05) is 19.0 Å². The number of carbonyl (C=O) groups is 1. The molecule has 2 aliphatic rings. The van der Waals surface area contributed by atoms with Crippen molar-refractivity contribution < 1.29 is 17.6 Å². The molecule has 3 rings (SSSR count). The van der Waals surface area contributed by atoms with Crippen LogP contribution in [0.2, 0.25) is 0 Å². The van der Waals surface area contributed by atoms with Gasteiger partial charge in [-0.15, -0.1) is 12.4 Å². The summed E-state index contributed by atoms with van der Waals surface area (Å²) in [5, 5.41) is 3.40. The van der Waals surface area contributed by atoms with Crippen LogP contribution in [-0.4, -0.2) is 51.2 Å². The molecule has 0 aliphatic carbocycles. The lowest BCUT2D eigenvalue weighted by Crippen LogP contribution is -2.38. The zero-order valence-corrected chi connectivity index (χ0v) is 16.5. The Morgan fingerprint density at radius 3 is 2.27 bits per heavy atom. The lowest BCUT2D eigenvalue weighted by Gasteiger charge is -2.24. The van der Waals surface area contributed by atoms with Gasteiger partial charge in [0.05, 0.1) is 10.6 Å². The molecule has 0 saturated carbocycles. The Morgan fingerprint density at radius 2 is 1.73 bits per heavy atom. The summed E-state index contributed by atoms with van der Waals surface area (Å²) in [6.07, 6.45) is 1.95. The summed E-state index contributed by atoms with van der Waals surface area (Å²) < 4.78 is 37.9. The van der Waals surface area contributed by atoms with E-state index in [1.54, 1.807) is 6.92 Å². The highest BCUT2D eigenvalue weighted by Gasteiger charge is 2.33. The van der Waals surface area contributed by atoms with Crippen LogP contribution in [0, 0.1) is 23.6 Å². The van der Waals surface area contributed by atoms with Crippen molar-refractivity contribution in [3.05, 3.63) is 30.1 Å². The van der Waals surface area contributed by atoms with Crippen molar-refractivity contribution in [2.75, 3.05) is 31.9 Å². The second kappa shape index (κ2) is 8.67. The van der Waals surface area contributed by atoms with Crippen molar-refractivity contribution in [3.8, 4) is 0 Å². The van der Waals surface area contributed by atoms with Crippen molar-refractivity contribution in [1.82, 2.24) is 10.2 Å². The summed E-state index contributed by atoms with van der Waals surface area (Å²) in [6.45, 7) is 5.09. The molecule has 8 heteroatoms. The minimum atomic E-state index is -3.61. The maximum absolute atomic E-state index is 13.0. The molecule has 1 aromatic rings. The molecule has 0 radical (unpaired) electrons. The van der Waals surface area contributed by atoms with Gasteiger partial charge in [0.2, 0.25) is 5.91 Å². The number of nitrogens with zero attached hydrogens (tertiary/aromatic N) is 1. The van der Waals surface area contributed by atoms with Crippen LogP contribution in [0.1, 0.15) is 19.8 Å². The van der Waals surface area contributed by atoms with Crippen LogP contribution in [0.4, 0.5) is 4.39 Å². The minimum absolute atomic E-state index is 0. The first-order valence-electron chi connectivity index (χ1n) is 8.84. The maximum atomic E-state index is 13.0. The highest BCUT2D eigenvalue weighted by Crippen LogP contribution is 2.28. The van der Waals surface area contributed by atoms with E-state index in [2.05, 4.69) is 5.32 Å². The third kappa shape index (κ3) is 4.75. The van der Waals surface area contributed by atoms with Gasteiger partial charge in [-0.05, 0) is 62.0 Å². The summed E-state index contributed by atoms with van der Waals surface area (Å²) in [6, 6.07) is 4.76. The van der Waals surface area contributed by atoms with E-state index in [1.807, 2.05) is 4.90 Å². The number of benzene rings is 1. The molecule has 1 amide bonds. The molecule has 1 N–H and O–H groups in total. The van der Waals surface area contributed by atoms with Crippen LogP contribution in [0.25, 0.3) is 0 Å². The van der Waals surface area contributed by atoms with Crippen molar-refractivity contribution in [2.24, 2.45) is 17.8 Å². The number of rotatable bonds is 4. The number of amides is 1. The first-order valence-corrected chi connectivity index (χ1v) is 10.5. The van der Waals surface area contributed by atoms with Gasteiger partial charge in [0.25, 0.3) is 0 Å². The molecule has 5 nitrogen and oxygen atoms in total. The molecule has 2 aliphatic heterocycles. The molecular formula is C18H26ClFN2O3S. The first kappa shape index (κ1) is 21.1. The predicted molar refractivity (Wildman–Crippen MR) is 101 cm³/mol. The van der Waals surface area contributed by atoms with Crippen molar-refractivity contribution in [3.63, 3.8) is 0 Å². The van der Waals surface area contributed by atoms with Gasteiger partial charge in [-0.25, -0.2) is 12.8 Å². The molecule has 1 aromatic carbocycles. The number of hydrogen-bond donors (Lipinski definition) is 1. The van der Waals surface area contributed by atoms with Crippen LogP contribution >= 0.6 is 12.4 Å². The Labute approximate surface area is 160 Å². The first-order chi connectivity index (χ1) is 11.9. The zero-order chi connectivity index (χ0) is 18.0. The molecular weight excluding hydrogens is 379 g/mol. The Morgan fingerprint density at radius 1 is 1.19 bits per heavy atom. The van der Waals surface area contributed by atoms with E-state index in [9.17, 15) is 17.6 Å². The van der Waals surface area contributed by atoms with Gasteiger partial charge in [-0.2, -0.15) is 0 Å². The quantitative estimate of drug-likeness (QED) is 0.780. The van der Waals surface area contributed by atoms with Crippen LogP contribution in [-0.2, 0) is 14.6 Å². The monoisotopic (exact) mass is 404 g/mol. The number of sulfone groups is 1. The average Bonchev–Trinajstić information content (AvgIpc) is 2.93. The van der Waals surface area contributed by atoms with Crippen molar-refractivity contribution in [2.45, 2.75) is 24.7 Å². The van der Waals surface area contributed by atoms with E-state index in [4.69, 9.17) is 0 Å². The normalized spacial score (nSPS) is 24.3. The molecule has 26 heavy (non-hydrogen) atoms. The molecule has 0 bridgehead atoms. The smallest absolute Gasteiger partial charge is 0.226 e. The molecule has 1 unspecified atom stereocenters. The number of carbonyl (C=O) groups excluding carboxylic acids is 1. The van der Waals surface area contributed by atoms with Gasteiger partial charge < -0.3 is 10.2 Å². The fourth-order valence-corrected chi connectivity index (χ4v) is 5.43. The van der Waals surface area contributed by atoms with Gasteiger partial charge in [0.15, 0.2) is 9.84 Å². The fourth-order valence-electron chi connectivity index (χ4n) is 3.89. The van der Waals surface area contributed by atoms with Gasteiger partial charge in [-0.3, -0.25) is 4.79 Å². The van der Waals surface area contributed by atoms with Gasteiger partial charge in [0.1, 0.15) is 5.82 Å². The largest absolute Gasteiger partial charge is 0.342 e. The van der Waals surface area contributed by atoms with E-state index < -0.39 is 21.6 Å². The summed E-state index contributed by atoms with van der Waals surface area (Å²) >= 11 is 0. The van der Waals surface area contributed by atoms with Gasteiger partial charge in [-0.1, -0.05) is 6.92 Å². The Balaban J connectivity index is 0.00000243. The molecule has 3 atom stereocenters. The van der Waals surface area contributed by atoms with E-state index >= 15 is 0 Å². The molecule has 2 fully saturated rings. The summed E-state index contributed by atoms with van der Waals surface area (Å²) in [5.41, 5.74) is 0. The van der Waals surface area contributed by atoms with Crippen molar-refractivity contribution in [1.29, 1.82) is 0 Å². The SMILES string of the molecule is CC(CS(=O)(=O)c1ccc(F)cc1)C(=O)N1CC[C@@H]2CNC[C@@H]2CC1.Cl. The Hall–Kier alpha value is -1.18. The standard InChI is InChI=1S/C18H25FN2O3S.ClH/c1-13(12-25(23,24)17-4-2-16(19)3-5-17)18(22)21-8-6-14-10-20-11-15(14)7-9-21;/h2-5,13-15,20H,6-12H2,1H3;1H/t13?,14-,15+;. The highest BCUT2D eigenvalue weighted by atomic mass is 35.5. The lowest BCUT2D eigenvalue weighted by molar-refractivity contribution is -0.134. The van der Waals surface area contributed by atoms with Gasteiger partial charge >= 0.3 is 0 Å². The van der Waals surface area contributed by atoms with E-state index in [1.165, 1.54) is 12.1 Å². The topological polar surface area (TPSA) is 66.5 Å².